The van der Waals surface area contributed by atoms with Gasteiger partial charge in [-0.25, -0.2) is 0 Å². The standard InChI is InChI=1S/C26H52O11/c1-3-5-6-7-8-9-10-11-12-13-18(4-2)34-22(17-30)35-19(14-27)20(15-28)36-26-25(33)24(32)23(31)21(16-29)37-26/h18-33H,3-17H2,1-2H3/t18?,19?,20-,21?,22+,23+,24?,25?,26-/m0/s1. The first kappa shape index (κ1) is 34.6. The Morgan fingerprint density at radius 2 is 1.27 bits per heavy atom. The van der Waals surface area contributed by atoms with E-state index in [1.165, 1.54) is 44.9 Å². The van der Waals surface area contributed by atoms with Gasteiger partial charge in [0.1, 0.15) is 36.6 Å². The molecule has 0 amide bonds. The molecule has 11 nitrogen and oxygen atoms in total. The van der Waals surface area contributed by atoms with Crippen LogP contribution in [0.1, 0.15) is 84.5 Å². The summed E-state index contributed by atoms with van der Waals surface area (Å²) >= 11 is 0. The van der Waals surface area contributed by atoms with Crippen molar-refractivity contribution < 1.29 is 54.7 Å². The van der Waals surface area contributed by atoms with E-state index in [1.807, 2.05) is 6.92 Å². The molecular formula is C26H52O11. The molecule has 1 heterocycles. The van der Waals surface area contributed by atoms with Crippen LogP contribution in [0, 0.1) is 0 Å². The first-order valence-corrected chi connectivity index (χ1v) is 14.0. The lowest BCUT2D eigenvalue weighted by molar-refractivity contribution is -0.328. The summed E-state index contributed by atoms with van der Waals surface area (Å²) in [6.07, 6.45) is 1.31. The molecular weight excluding hydrogens is 488 g/mol. The van der Waals surface area contributed by atoms with Crippen LogP contribution in [0.25, 0.3) is 0 Å². The number of hydrogen-bond donors (Lipinski definition) is 7. The zero-order valence-corrected chi connectivity index (χ0v) is 22.6. The SMILES string of the molecule is CCCCCCCCCCCC(CC)O[C@@H](CO)OC(CO)[C@H](CO)O[C@H]1OC(CO)[C@@H](O)C(O)C1O. The van der Waals surface area contributed by atoms with Gasteiger partial charge in [-0.3, -0.25) is 0 Å². The van der Waals surface area contributed by atoms with Gasteiger partial charge in [-0.05, 0) is 12.8 Å². The summed E-state index contributed by atoms with van der Waals surface area (Å²) in [7, 11) is 0. The van der Waals surface area contributed by atoms with Crippen molar-refractivity contribution in [2.45, 2.75) is 140 Å². The molecule has 0 aliphatic carbocycles. The van der Waals surface area contributed by atoms with Crippen LogP contribution < -0.4 is 0 Å². The van der Waals surface area contributed by atoms with Gasteiger partial charge >= 0.3 is 0 Å². The van der Waals surface area contributed by atoms with E-state index in [-0.39, 0.29) is 6.10 Å². The van der Waals surface area contributed by atoms with Gasteiger partial charge in [-0.2, -0.15) is 0 Å². The predicted octanol–water partition coefficient (Wildman–Crippen LogP) is 0.576. The Labute approximate surface area is 221 Å². The summed E-state index contributed by atoms with van der Waals surface area (Å²) in [5, 5.41) is 68.9. The van der Waals surface area contributed by atoms with E-state index in [4.69, 9.17) is 18.9 Å². The molecule has 0 aromatic rings. The normalized spacial score (nSPS) is 27.6. The zero-order chi connectivity index (χ0) is 27.6. The van der Waals surface area contributed by atoms with E-state index in [1.54, 1.807) is 0 Å². The fourth-order valence-corrected chi connectivity index (χ4v) is 4.43. The highest BCUT2D eigenvalue weighted by Crippen LogP contribution is 2.24. The highest BCUT2D eigenvalue weighted by atomic mass is 16.7. The monoisotopic (exact) mass is 540 g/mol. The van der Waals surface area contributed by atoms with Gasteiger partial charge < -0.3 is 54.7 Å². The maximum absolute atomic E-state index is 10.2. The van der Waals surface area contributed by atoms with E-state index in [0.29, 0.717) is 6.42 Å². The highest BCUT2D eigenvalue weighted by Gasteiger charge is 2.45. The molecule has 0 saturated carbocycles. The van der Waals surface area contributed by atoms with Crippen LogP contribution in [0.2, 0.25) is 0 Å². The zero-order valence-electron chi connectivity index (χ0n) is 22.6. The molecule has 222 valence electrons. The highest BCUT2D eigenvalue weighted by molar-refractivity contribution is 4.89. The first-order valence-electron chi connectivity index (χ1n) is 14.0. The van der Waals surface area contributed by atoms with E-state index in [0.717, 1.165) is 19.3 Å². The number of aliphatic hydroxyl groups excluding tert-OH is 7. The quantitative estimate of drug-likeness (QED) is 0.0754. The number of rotatable bonds is 22. The van der Waals surface area contributed by atoms with Gasteiger partial charge in [-0.15, -0.1) is 0 Å². The predicted molar refractivity (Wildman–Crippen MR) is 136 cm³/mol. The van der Waals surface area contributed by atoms with Crippen molar-refractivity contribution in [3.8, 4) is 0 Å². The van der Waals surface area contributed by atoms with Crippen LogP contribution in [0.4, 0.5) is 0 Å². The van der Waals surface area contributed by atoms with Crippen molar-refractivity contribution in [2.75, 3.05) is 26.4 Å². The van der Waals surface area contributed by atoms with E-state index in [2.05, 4.69) is 6.92 Å². The lowest BCUT2D eigenvalue weighted by atomic mass is 9.99. The second kappa shape index (κ2) is 20.5. The number of unbranched alkanes of at least 4 members (excludes halogenated alkanes) is 8. The minimum absolute atomic E-state index is 0.153. The Morgan fingerprint density at radius 3 is 1.78 bits per heavy atom. The lowest BCUT2D eigenvalue weighted by Crippen LogP contribution is -2.60. The van der Waals surface area contributed by atoms with Crippen LogP contribution in [0.3, 0.4) is 0 Å². The molecule has 1 aliphatic heterocycles. The molecule has 1 fully saturated rings. The average Bonchev–Trinajstić information content (AvgIpc) is 2.92. The van der Waals surface area contributed by atoms with Crippen LogP contribution in [-0.4, -0.2) is 117 Å². The van der Waals surface area contributed by atoms with Crippen molar-refractivity contribution in [3.05, 3.63) is 0 Å². The van der Waals surface area contributed by atoms with Crippen LogP contribution in [-0.2, 0) is 18.9 Å². The number of ether oxygens (including phenoxy) is 4. The maximum Gasteiger partial charge on any atom is 0.187 e. The molecule has 0 spiro atoms. The smallest absolute Gasteiger partial charge is 0.187 e. The molecule has 1 saturated heterocycles. The van der Waals surface area contributed by atoms with Gasteiger partial charge in [-0.1, -0.05) is 71.6 Å². The third-order valence-corrected chi connectivity index (χ3v) is 6.84. The third kappa shape index (κ3) is 12.5. The molecule has 11 heteroatoms. The summed E-state index contributed by atoms with van der Waals surface area (Å²) in [4.78, 5) is 0. The van der Waals surface area contributed by atoms with Crippen LogP contribution in [0.15, 0.2) is 0 Å². The van der Waals surface area contributed by atoms with Crippen molar-refractivity contribution in [1.82, 2.24) is 0 Å². The molecule has 1 rings (SSSR count). The molecule has 9 atom stereocenters. The summed E-state index contributed by atoms with van der Waals surface area (Å²) in [5.41, 5.74) is 0. The number of aliphatic hydroxyl groups is 7. The molecule has 7 N–H and O–H groups in total. The van der Waals surface area contributed by atoms with Gasteiger partial charge in [0.15, 0.2) is 12.6 Å². The summed E-state index contributed by atoms with van der Waals surface area (Å²) in [5.74, 6) is 0. The van der Waals surface area contributed by atoms with Gasteiger partial charge in [0.05, 0.1) is 32.5 Å². The lowest BCUT2D eigenvalue weighted by Gasteiger charge is -2.41. The first-order chi connectivity index (χ1) is 17.9. The van der Waals surface area contributed by atoms with Crippen LogP contribution >= 0.6 is 0 Å². The summed E-state index contributed by atoms with van der Waals surface area (Å²) in [6.45, 7) is 1.83. The Kier molecular flexibility index (Phi) is 19.1. The average molecular weight is 541 g/mol. The van der Waals surface area contributed by atoms with Crippen LogP contribution in [0.5, 0.6) is 0 Å². The Hall–Kier alpha value is -0.440. The minimum Gasteiger partial charge on any atom is -0.394 e. The summed E-state index contributed by atoms with van der Waals surface area (Å²) in [6, 6.07) is 0. The fraction of sp³-hybridized carbons (Fsp3) is 1.00. The summed E-state index contributed by atoms with van der Waals surface area (Å²) < 4.78 is 22.5. The van der Waals surface area contributed by atoms with Crippen molar-refractivity contribution in [2.24, 2.45) is 0 Å². The maximum atomic E-state index is 10.2. The third-order valence-electron chi connectivity index (χ3n) is 6.84. The second-order valence-electron chi connectivity index (χ2n) is 9.81. The molecule has 0 aromatic carbocycles. The van der Waals surface area contributed by atoms with Gasteiger partial charge in [0.2, 0.25) is 0 Å². The van der Waals surface area contributed by atoms with Crippen molar-refractivity contribution >= 4 is 0 Å². The van der Waals surface area contributed by atoms with Crippen molar-refractivity contribution in [1.29, 1.82) is 0 Å². The Morgan fingerprint density at radius 1 is 0.676 bits per heavy atom. The molecule has 1 aliphatic rings. The molecule has 0 bridgehead atoms. The topological polar surface area (TPSA) is 179 Å². The molecule has 37 heavy (non-hydrogen) atoms. The van der Waals surface area contributed by atoms with E-state index >= 15 is 0 Å². The van der Waals surface area contributed by atoms with Gasteiger partial charge in [0, 0.05) is 0 Å². The Bertz CT molecular complexity index is 539. The fourth-order valence-electron chi connectivity index (χ4n) is 4.43. The van der Waals surface area contributed by atoms with Gasteiger partial charge in [0.25, 0.3) is 0 Å². The Balaban J connectivity index is 2.54. The van der Waals surface area contributed by atoms with E-state index < -0.39 is 75.6 Å². The van der Waals surface area contributed by atoms with Crippen molar-refractivity contribution in [3.63, 3.8) is 0 Å². The number of hydrogen-bond acceptors (Lipinski definition) is 11. The largest absolute Gasteiger partial charge is 0.394 e. The molecule has 5 unspecified atom stereocenters. The molecule has 0 aromatic heterocycles. The minimum atomic E-state index is -1.67. The second-order valence-corrected chi connectivity index (χ2v) is 9.81. The van der Waals surface area contributed by atoms with E-state index in [9.17, 15) is 35.7 Å². The molecule has 0 radical (unpaired) electrons.